The molecule has 0 saturated heterocycles. The zero-order valence-electron chi connectivity index (χ0n) is 12.4. The molecule has 0 bridgehead atoms. The van der Waals surface area contributed by atoms with Crippen LogP contribution in [0.1, 0.15) is 18.4 Å². The molecule has 0 fully saturated rings. The minimum Gasteiger partial charge on any atom is -0.494 e. The quantitative estimate of drug-likeness (QED) is 0.751. The molecule has 0 heterocycles. The number of aryl methyl sites for hydroxylation is 1. The van der Waals surface area contributed by atoms with Crippen LogP contribution in [0.4, 0.5) is 0 Å². The summed E-state index contributed by atoms with van der Waals surface area (Å²) in [5.41, 5.74) is 1.12. The molecule has 0 radical (unpaired) electrons. The van der Waals surface area contributed by atoms with E-state index in [2.05, 4.69) is 5.32 Å². The SMILES string of the molecule is O=C(CCc1ccc(Cl)cc1)NCCCOc1ccccc1. The van der Waals surface area contributed by atoms with E-state index in [1.807, 2.05) is 54.6 Å². The van der Waals surface area contributed by atoms with E-state index in [-0.39, 0.29) is 5.91 Å². The Balaban J connectivity index is 1.55. The van der Waals surface area contributed by atoms with Crippen molar-refractivity contribution >= 4 is 17.5 Å². The zero-order chi connectivity index (χ0) is 15.6. The van der Waals surface area contributed by atoms with Gasteiger partial charge in [-0.2, -0.15) is 0 Å². The summed E-state index contributed by atoms with van der Waals surface area (Å²) in [7, 11) is 0. The number of rotatable bonds is 8. The van der Waals surface area contributed by atoms with E-state index >= 15 is 0 Å². The molecule has 0 saturated carbocycles. The van der Waals surface area contributed by atoms with Crippen molar-refractivity contribution < 1.29 is 9.53 Å². The number of ether oxygens (including phenoxy) is 1. The largest absolute Gasteiger partial charge is 0.494 e. The van der Waals surface area contributed by atoms with Crippen LogP contribution in [0.2, 0.25) is 5.02 Å². The van der Waals surface area contributed by atoms with Crippen LogP contribution in [-0.2, 0) is 11.2 Å². The van der Waals surface area contributed by atoms with Crippen molar-refractivity contribution in [3.63, 3.8) is 0 Å². The summed E-state index contributed by atoms with van der Waals surface area (Å²) in [6.07, 6.45) is 2.01. The third-order valence-corrected chi connectivity index (χ3v) is 3.46. The van der Waals surface area contributed by atoms with Gasteiger partial charge in [0.2, 0.25) is 5.91 Å². The van der Waals surface area contributed by atoms with Gasteiger partial charge in [-0.25, -0.2) is 0 Å². The van der Waals surface area contributed by atoms with Crippen LogP contribution in [0.3, 0.4) is 0 Å². The highest BCUT2D eigenvalue weighted by molar-refractivity contribution is 6.30. The van der Waals surface area contributed by atoms with Crippen LogP contribution in [-0.4, -0.2) is 19.1 Å². The van der Waals surface area contributed by atoms with Gasteiger partial charge in [-0.3, -0.25) is 4.79 Å². The Kier molecular flexibility index (Phi) is 6.78. The molecule has 2 rings (SSSR count). The molecule has 1 N–H and O–H groups in total. The highest BCUT2D eigenvalue weighted by Gasteiger charge is 2.02. The molecule has 2 aromatic carbocycles. The van der Waals surface area contributed by atoms with Crippen LogP contribution < -0.4 is 10.1 Å². The molecule has 4 heteroatoms. The minimum atomic E-state index is 0.0645. The summed E-state index contributed by atoms with van der Waals surface area (Å²) < 4.78 is 5.56. The minimum absolute atomic E-state index is 0.0645. The molecular weight excluding hydrogens is 298 g/mol. The van der Waals surface area contributed by atoms with E-state index in [4.69, 9.17) is 16.3 Å². The van der Waals surface area contributed by atoms with Crippen molar-refractivity contribution in [2.75, 3.05) is 13.2 Å². The van der Waals surface area contributed by atoms with Crippen molar-refractivity contribution in [1.29, 1.82) is 0 Å². The maximum absolute atomic E-state index is 11.7. The van der Waals surface area contributed by atoms with E-state index in [1.54, 1.807) is 0 Å². The normalized spacial score (nSPS) is 10.2. The third-order valence-electron chi connectivity index (χ3n) is 3.21. The van der Waals surface area contributed by atoms with Crippen LogP contribution in [0, 0.1) is 0 Å². The van der Waals surface area contributed by atoms with Crippen molar-refractivity contribution in [2.45, 2.75) is 19.3 Å². The Morgan fingerprint density at radius 3 is 2.50 bits per heavy atom. The first kappa shape index (κ1) is 16.4. The van der Waals surface area contributed by atoms with Gasteiger partial charge in [-0.15, -0.1) is 0 Å². The van der Waals surface area contributed by atoms with Crippen LogP contribution in [0.25, 0.3) is 0 Å². The second-order valence-electron chi connectivity index (χ2n) is 4.99. The number of hydrogen-bond donors (Lipinski definition) is 1. The second kappa shape index (κ2) is 9.11. The summed E-state index contributed by atoms with van der Waals surface area (Å²) in [4.78, 5) is 11.7. The van der Waals surface area contributed by atoms with Crippen LogP contribution in [0.15, 0.2) is 54.6 Å². The molecule has 0 spiro atoms. The maximum atomic E-state index is 11.7. The number of benzene rings is 2. The highest BCUT2D eigenvalue weighted by atomic mass is 35.5. The standard InChI is InChI=1S/C18H20ClNO2/c19-16-10-7-15(8-11-16)9-12-18(21)20-13-4-14-22-17-5-2-1-3-6-17/h1-3,5-8,10-11H,4,9,12-14H2,(H,20,21). The number of halogens is 1. The zero-order valence-corrected chi connectivity index (χ0v) is 13.2. The van der Waals surface area contributed by atoms with Gasteiger partial charge >= 0.3 is 0 Å². The van der Waals surface area contributed by atoms with Gasteiger partial charge < -0.3 is 10.1 Å². The number of carbonyl (C=O) groups excluding carboxylic acids is 1. The molecule has 0 aliphatic heterocycles. The lowest BCUT2D eigenvalue weighted by atomic mass is 10.1. The highest BCUT2D eigenvalue weighted by Crippen LogP contribution is 2.11. The average molecular weight is 318 g/mol. The number of para-hydroxylation sites is 1. The van der Waals surface area contributed by atoms with Gasteiger partial charge in [0.15, 0.2) is 0 Å². The molecule has 0 aromatic heterocycles. The van der Waals surface area contributed by atoms with E-state index < -0.39 is 0 Å². The lowest BCUT2D eigenvalue weighted by molar-refractivity contribution is -0.121. The molecule has 1 amide bonds. The summed E-state index contributed by atoms with van der Waals surface area (Å²) in [5.74, 6) is 0.922. The van der Waals surface area contributed by atoms with Crippen molar-refractivity contribution in [1.82, 2.24) is 5.32 Å². The maximum Gasteiger partial charge on any atom is 0.220 e. The van der Waals surface area contributed by atoms with Crippen LogP contribution in [0.5, 0.6) is 5.75 Å². The van der Waals surface area contributed by atoms with Gasteiger partial charge in [-0.1, -0.05) is 41.9 Å². The Morgan fingerprint density at radius 1 is 1.05 bits per heavy atom. The van der Waals surface area contributed by atoms with E-state index in [1.165, 1.54) is 0 Å². The first-order valence-electron chi connectivity index (χ1n) is 7.43. The summed E-state index contributed by atoms with van der Waals surface area (Å²) in [5, 5.41) is 3.62. The van der Waals surface area contributed by atoms with Crippen molar-refractivity contribution in [3.8, 4) is 5.75 Å². The monoisotopic (exact) mass is 317 g/mol. The number of hydrogen-bond acceptors (Lipinski definition) is 2. The number of amides is 1. The fraction of sp³-hybridized carbons (Fsp3) is 0.278. The van der Waals surface area contributed by atoms with E-state index in [0.717, 1.165) is 24.2 Å². The van der Waals surface area contributed by atoms with Gasteiger partial charge in [0, 0.05) is 18.0 Å². The molecule has 3 nitrogen and oxygen atoms in total. The summed E-state index contributed by atoms with van der Waals surface area (Å²) in [6, 6.07) is 17.3. The predicted octanol–water partition coefficient (Wildman–Crippen LogP) is 3.86. The van der Waals surface area contributed by atoms with Gasteiger partial charge in [-0.05, 0) is 42.7 Å². The average Bonchev–Trinajstić information content (AvgIpc) is 2.55. The fourth-order valence-electron chi connectivity index (χ4n) is 2.00. The smallest absolute Gasteiger partial charge is 0.220 e. The molecule has 0 unspecified atom stereocenters. The Labute approximate surface area is 136 Å². The predicted molar refractivity (Wildman–Crippen MR) is 89.3 cm³/mol. The van der Waals surface area contributed by atoms with Crippen LogP contribution >= 0.6 is 11.6 Å². The van der Waals surface area contributed by atoms with Crippen molar-refractivity contribution in [2.24, 2.45) is 0 Å². The first-order chi connectivity index (χ1) is 10.7. The van der Waals surface area contributed by atoms with Gasteiger partial charge in [0.25, 0.3) is 0 Å². The summed E-state index contributed by atoms with van der Waals surface area (Å²) >= 11 is 5.83. The Morgan fingerprint density at radius 2 is 1.77 bits per heavy atom. The number of carbonyl (C=O) groups is 1. The molecule has 116 valence electrons. The lowest BCUT2D eigenvalue weighted by Crippen LogP contribution is -2.25. The molecule has 0 aliphatic rings. The topological polar surface area (TPSA) is 38.3 Å². The first-order valence-corrected chi connectivity index (χ1v) is 7.81. The number of nitrogens with one attached hydrogen (secondary N) is 1. The van der Waals surface area contributed by atoms with Gasteiger partial charge in [0.05, 0.1) is 6.61 Å². The van der Waals surface area contributed by atoms with E-state index in [9.17, 15) is 4.79 Å². The second-order valence-corrected chi connectivity index (χ2v) is 5.43. The molecule has 2 aromatic rings. The Bertz CT molecular complexity index is 569. The molecule has 0 aliphatic carbocycles. The Hall–Kier alpha value is -2.00. The van der Waals surface area contributed by atoms with Gasteiger partial charge in [0.1, 0.15) is 5.75 Å². The summed E-state index contributed by atoms with van der Waals surface area (Å²) in [6.45, 7) is 1.23. The third kappa shape index (κ3) is 6.19. The van der Waals surface area contributed by atoms with E-state index in [0.29, 0.717) is 24.6 Å². The molecule has 0 atom stereocenters. The molecule has 22 heavy (non-hydrogen) atoms. The van der Waals surface area contributed by atoms with Crippen molar-refractivity contribution in [3.05, 3.63) is 65.2 Å². The molecular formula is C18H20ClNO2. The lowest BCUT2D eigenvalue weighted by Gasteiger charge is -2.07. The fourth-order valence-corrected chi connectivity index (χ4v) is 2.13.